The minimum Gasteiger partial charge on any atom is -0.464 e. The lowest BCUT2D eigenvalue weighted by Gasteiger charge is -2.09. The van der Waals surface area contributed by atoms with Gasteiger partial charge in [-0.1, -0.05) is 393 Å². The van der Waals surface area contributed by atoms with Crippen molar-refractivity contribution in [3.05, 3.63) is 152 Å². The number of aromatic nitrogens is 2. The number of rotatable bonds is 0. The van der Waals surface area contributed by atoms with Crippen molar-refractivity contribution in [3.63, 3.8) is 0 Å². The number of H-pyrrole nitrogens is 1. The van der Waals surface area contributed by atoms with Gasteiger partial charge >= 0.3 is 0 Å². The van der Waals surface area contributed by atoms with Crippen LogP contribution < -0.4 is 5.32 Å². The van der Waals surface area contributed by atoms with Crippen LogP contribution in [0.5, 0.6) is 0 Å². The SMILES string of the molecule is C1=NCCCS1.C1COCCO1.C1CSCCN1.C1CSCCS1.CC.CC.CC.CC.CC.CC.CC.CC.CC.CC.CC.CC.CC.CC.CC.CC.CC.CC.CC.CC.CC.CC.CC.CC.c1ccc2[nH]ccc2c1.c1ccc2occc2c1.c1ccc2sccc2c1.c1ccn2cccc2c1. The lowest BCUT2D eigenvalue weighted by Crippen LogP contribution is -2.24. The number of nitrogens with one attached hydrogen (secondary N) is 2. The van der Waals surface area contributed by atoms with E-state index in [4.69, 9.17) is 13.9 Å². The highest BCUT2D eigenvalue weighted by atomic mass is 32.2. The number of thioether (sulfide) groups is 4. The number of aliphatic imine (C=N–C) groups is 1. The van der Waals surface area contributed by atoms with Crippen LogP contribution in [0.1, 0.15) is 339 Å². The van der Waals surface area contributed by atoms with Crippen molar-refractivity contribution in [2.24, 2.45) is 4.99 Å². The molecule has 4 aliphatic rings. The number of furan rings is 1. The number of nitrogens with zero attached hydrogens (tertiary/aromatic N) is 2. The van der Waals surface area contributed by atoms with Gasteiger partial charge in [0.15, 0.2) is 0 Å². The summed E-state index contributed by atoms with van der Waals surface area (Å²) < 4.78 is 18.5. The summed E-state index contributed by atoms with van der Waals surface area (Å²) in [4.78, 5) is 7.13. The highest BCUT2D eigenvalue weighted by Crippen LogP contribution is 2.19. The number of hydrogen-bond acceptors (Lipinski definition) is 10. The molecule has 12 heteroatoms. The Bertz CT molecular complexity index is 1810. The molecule has 12 rings (SSSR count). The van der Waals surface area contributed by atoms with Gasteiger partial charge in [-0.05, 0) is 83.2 Å². The van der Waals surface area contributed by atoms with Crippen LogP contribution >= 0.6 is 58.4 Å². The summed E-state index contributed by atoms with van der Waals surface area (Å²) in [6.45, 7) is 103. The maximum Gasteiger partial charge on any atom is 0.133 e. The maximum atomic E-state index is 5.12. The molecule has 3 saturated heterocycles. The Labute approximate surface area is 706 Å². The van der Waals surface area contributed by atoms with E-state index in [1.54, 1.807) is 29.4 Å². The van der Waals surface area contributed by atoms with Gasteiger partial charge in [0.05, 0.1) is 38.2 Å². The second-order valence-electron chi connectivity index (χ2n) is 13.1. The molecule has 0 bridgehead atoms. The minimum absolute atomic E-state index is 0.778. The van der Waals surface area contributed by atoms with Crippen LogP contribution in [0.4, 0.5) is 0 Å². The molecule has 0 unspecified atom stereocenters. The molecule has 654 valence electrons. The zero-order valence-electron chi connectivity index (χ0n) is 82.3. The fraction of sp³-hybridized carbons (Fsp3) is 0.656. The number of fused-ring (bicyclic) bond motifs is 4. The van der Waals surface area contributed by atoms with Crippen molar-refractivity contribution in [2.45, 2.75) is 339 Å². The number of ether oxygens (including phenoxy) is 2. The van der Waals surface area contributed by atoms with E-state index in [9.17, 15) is 0 Å². The monoisotopic (exact) mass is 1620 g/mol. The quantitative estimate of drug-likeness (QED) is 0.156. The molecule has 0 atom stereocenters. The summed E-state index contributed by atoms with van der Waals surface area (Å²) in [6.07, 6.45) is 8.99. The average Bonchev–Trinajstić information content (AvgIpc) is 1.78. The Hall–Kier alpha value is -3.59. The maximum absolute atomic E-state index is 5.12. The second kappa shape index (κ2) is 207. The van der Waals surface area contributed by atoms with E-state index < -0.39 is 0 Å². The second-order valence-corrected chi connectivity index (χ2v) is 18.6. The van der Waals surface area contributed by atoms with Crippen LogP contribution in [0.15, 0.2) is 161 Å². The fourth-order valence-corrected chi connectivity index (χ4v) is 10.1. The summed E-state index contributed by atoms with van der Waals surface area (Å²) in [6, 6.07) is 41.0. The molecule has 0 aliphatic carbocycles. The first kappa shape index (κ1) is 157. The largest absolute Gasteiger partial charge is 0.464 e. The van der Waals surface area contributed by atoms with E-state index in [1.807, 2.05) is 429 Å². The molecule has 0 amide bonds. The van der Waals surface area contributed by atoms with Gasteiger partial charge in [0, 0.05) is 99.6 Å². The van der Waals surface area contributed by atoms with Gasteiger partial charge in [-0.2, -0.15) is 35.3 Å². The number of benzene rings is 3. The summed E-state index contributed by atoms with van der Waals surface area (Å²) >= 11 is 9.77. The summed E-state index contributed by atoms with van der Waals surface area (Å²) in [5.74, 6) is 9.40. The predicted molar refractivity (Wildman–Crippen MR) is 543 cm³/mol. The fourth-order valence-electron chi connectivity index (χ4n) is 5.58. The highest BCUT2D eigenvalue weighted by molar-refractivity contribution is 8.12. The Kier molecular flexibility index (Phi) is 300. The van der Waals surface area contributed by atoms with Crippen LogP contribution in [-0.2, 0) is 9.47 Å². The molecule has 3 aromatic carbocycles. The molecular weight excluding hydrogens is 1420 g/mol. The molecule has 5 aromatic heterocycles. The van der Waals surface area contributed by atoms with Crippen molar-refractivity contribution < 1.29 is 13.9 Å². The van der Waals surface area contributed by atoms with Gasteiger partial charge in [0.2, 0.25) is 0 Å². The van der Waals surface area contributed by atoms with Gasteiger partial charge in [-0.25, -0.2) is 0 Å². The Morgan fingerprint density at radius 3 is 1.01 bits per heavy atom. The first-order valence-electron chi connectivity index (χ1n) is 44.4. The summed E-state index contributed by atoms with van der Waals surface area (Å²) in [7, 11) is 0. The summed E-state index contributed by atoms with van der Waals surface area (Å²) in [5.41, 5.74) is 5.34. The van der Waals surface area contributed by atoms with Crippen LogP contribution in [0.2, 0.25) is 0 Å². The third kappa shape index (κ3) is 135. The molecule has 0 radical (unpaired) electrons. The average molecular weight is 1620 g/mol. The number of aromatic amines is 1. The number of thiophene rings is 1. The van der Waals surface area contributed by atoms with Gasteiger partial charge in [0.25, 0.3) is 0 Å². The van der Waals surface area contributed by atoms with Crippen molar-refractivity contribution in [3.8, 4) is 0 Å². The van der Waals surface area contributed by atoms with E-state index >= 15 is 0 Å². The molecule has 108 heavy (non-hydrogen) atoms. The van der Waals surface area contributed by atoms with Crippen LogP contribution in [0.3, 0.4) is 0 Å². The highest BCUT2D eigenvalue weighted by Gasteiger charge is 1.97. The zero-order valence-corrected chi connectivity index (χ0v) is 86.4. The summed E-state index contributed by atoms with van der Waals surface area (Å²) in [5, 5.41) is 9.17. The topological polar surface area (TPSA) is 76.2 Å². The van der Waals surface area contributed by atoms with Crippen LogP contribution in [-0.4, -0.2) is 101 Å². The number of para-hydroxylation sites is 2. The van der Waals surface area contributed by atoms with Crippen LogP contribution in [0, 0.1) is 0 Å². The van der Waals surface area contributed by atoms with Gasteiger partial charge in [0.1, 0.15) is 5.58 Å². The van der Waals surface area contributed by atoms with E-state index in [0.29, 0.717) is 0 Å². The third-order valence-corrected chi connectivity index (χ3v) is 13.8. The smallest absolute Gasteiger partial charge is 0.133 e. The Balaban J connectivity index is -0.0000000423. The van der Waals surface area contributed by atoms with Crippen molar-refractivity contribution in [2.75, 3.05) is 86.3 Å². The zero-order chi connectivity index (χ0) is 89.4. The lowest BCUT2D eigenvalue weighted by atomic mass is 10.3. The van der Waals surface area contributed by atoms with Crippen molar-refractivity contribution >= 4 is 101 Å². The number of pyridine rings is 1. The Morgan fingerprint density at radius 2 is 0.694 bits per heavy atom. The van der Waals surface area contributed by atoms with E-state index in [2.05, 4.69) is 109 Å². The number of hydrogen-bond donors (Lipinski definition) is 2. The normalized spacial score (nSPS) is 9.93. The molecule has 9 heterocycles. The first-order chi connectivity index (χ1) is 53.9. The predicted octanol–water partition coefficient (Wildman–Crippen LogP) is 37.0. The van der Waals surface area contributed by atoms with E-state index in [1.165, 1.54) is 86.3 Å². The molecular formula is C96H202N4O3S5. The Morgan fingerprint density at radius 1 is 0.333 bits per heavy atom. The van der Waals surface area contributed by atoms with Crippen molar-refractivity contribution in [1.82, 2.24) is 14.7 Å². The molecule has 0 saturated carbocycles. The lowest BCUT2D eigenvalue weighted by molar-refractivity contribution is -0.0334. The van der Waals surface area contributed by atoms with Gasteiger partial charge < -0.3 is 28.6 Å². The minimum atomic E-state index is 0.778. The van der Waals surface area contributed by atoms with E-state index in [0.717, 1.165) is 43.9 Å². The van der Waals surface area contributed by atoms with E-state index in [-0.39, 0.29) is 0 Å². The van der Waals surface area contributed by atoms with Gasteiger partial charge in [-0.15, -0.1) is 23.1 Å². The first-order valence-corrected chi connectivity index (χ1v) is 49.8. The molecule has 3 fully saturated rings. The molecule has 7 nitrogen and oxygen atoms in total. The molecule has 2 N–H and O–H groups in total. The van der Waals surface area contributed by atoms with Crippen molar-refractivity contribution in [1.29, 1.82) is 0 Å². The standard InChI is InChI=1S/2C8H7N.C8H6O.C8H6S.C4H9NS.C4H7NS.C4H8O2.C4H8S2.24C2H6/c1-2-6-9-7-3-5-8(9)4-1;3*1-2-4-8-7(3-1)5-6-9-8;1-3-6-4-2-5-1;1-2-5-4-6-3-1;2*1-2-6-4-3-5-1;24*1-2/h1-7H;1-6,9H;2*1-6H;5H,1-4H2;4H,1-3H2;2*1-4H2;24*1-2H3. The van der Waals surface area contributed by atoms with Crippen LogP contribution in [0.25, 0.3) is 37.5 Å². The van der Waals surface area contributed by atoms with Gasteiger partial charge in [-0.3, -0.25) is 4.99 Å². The molecule has 8 aromatic rings. The molecule has 4 aliphatic heterocycles. The molecule has 0 spiro atoms. The third-order valence-electron chi connectivity index (χ3n) is 8.66.